The summed E-state index contributed by atoms with van der Waals surface area (Å²) in [7, 11) is 0. The lowest BCUT2D eigenvalue weighted by Crippen LogP contribution is -1.90. The van der Waals surface area contributed by atoms with Crippen LogP contribution in [0.2, 0.25) is 0 Å². The van der Waals surface area contributed by atoms with Gasteiger partial charge in [0.15, 0.2) is 0 Å². The molecule has 3 nitrogen and oxygen atoms in total. The van der Waals surface area contributed by atoms with Crippen LogP contribution in [-0.4, -0.2) is 10.2 Å². The van der Waals surface area contributed by atoms with Crippen LogP contribution >= 0.6 is 0 Å². The third-order valence-electron chi connectivity index (χ3n) is 2.78. The van der Waals surface area contributed by atoms with Gasteiger partial charge < -0.3 is 5.32 Å². The zero-order chi connectivity index (χ0) is 11.7. The lowest BCUT2D eigenvalue weighted by atomic mass is 10.2. The summed E-state index contributed by atoms with van der Waals surface area (Å²) in [5.41, 5.74) is 4.46. The van der Waals surface area contributed by atoms with Crippen LogP contribution in [0, 0.1) is 6.92 Å². The fourth-order valence-electron chi connectivity index (χ4n) is 1.96. The SMILES string of the molecule is Cc1cccc(Nc2cccc3[nH]ncc23)c1. The van der Waals surface area contributed by atoms with Crippen LogP contribution in [0.4, 0.5) is 11.4 Å². The van der Waals surface area contributed by atoms with Gasteiger partial charge in [-0.25, -0.2) is 0 Å². The van der Waals surface area contributed by atoms with E-state index in [9.17, 15) is 0 Å². The van der Waals surface area contributed by atoms with E-state index in [4.69, 9.17) is 0 Å². The molecule has 84 valence electrons. The fraction of sp³-hybridized carbons (Fsp3) is 0.0714. The molecule has 3 heteroatoms. The van der Waals surface area contributed by atoms with Gasteiger partial charge in [0.2, 0.25) is 0 Å². The van der Waals surface area contributed by atoms with E-state index in [2.05, 4.69) is 46.7 Å². The summed E-state index contributed by atoms with van der Waals surface area (Å²) in [6.07, 6.45) is 1.84. The highest BCUT2D eigenvalue weighted by Gasteiger charge is 2.02. The largest absolute Gasteiger partial charge is 0.355 e. The van der Waals surface area contributed by atoms with Gasteiger partial charge in [0.05, 0.1) is 11.7 Å². The summed E-state index contributed by atoms with van der Waals surface area (Å²) in [6, 6.07) is 14.4. The van der Waals surface area contributed by atoms with Crippen molar-refractivity contribution in [3.05, 3.63) is 54.2 Å². The molecule has 0 aliphatic rings. The number of H-pyrrole nitrogens is 1. The lowest BCUT2D eigenvalue weighted by Gasteiger charge is -2.07. The van der Waals surface area contributed by atoms with Crippen molar-refractivity contribution in [1.82, 2.24) is 10.2 Å². The number of aryl methyl sites for hydroxylation is 1. The second kappa shape index (κ2) is 3.94. The Bertz CT molecular complexity index is 655. The van der Waals surface area contributed by atoms with Crippen LogP contribution < -0.4 is 5.32 Å². The number of hydrogen-bond donors (Lipinski definition) is 2. The molecule has 0 atom stereocenters. The molecule has 0 aliphatic heterocycles. The Morgan fingerprint density at radius 1 is 1.12 bits per heavy atom. The monoisotopic (exact) mass is 223 g/mol. The highest BCUT2D eigenvalue weighted by atomic mass is 15.1. The maximum absolute atomic E-state index is 4.06. The van der Waals surface area contributed by atoms with Crippen molar-refractivity contribution in [2.75, 3.05) is 5.32 Å². The summed E-state index contributed by atoms with van der Waals surface area (Å²) in [5, 5.41) is 11.5. The normalized spacial score (nSPS) is 10.6. The van der Waals surface area contributed by atoms with Crippen molar-refractivity contribution in [2.24, 2.45) is 0 Å². The van der Waals surface area contributed by atoms with Crippen LogP contribution in [0.25, 0.3) is 10.9 Å². The third-order valence-corrected chi connectivity index (χ3v) is 2.78. The van der Waals surface area contributed by atoms with Crippen molar-refractivity contribution in [2.45, 2.75) is 6.92 Å². The molecule has 0 saturated heterocycles. The Balaban J connectivity index is 2.02. The molecule has 0 unspecified atom stereocenters. The smallest absolute Gasteiger partial charge is 0.0671 e. The van der Waals surface area contributed by atoms with Crippen molar-refractivity contribution in [3.63, 3.8) is 0 Å². The van der Waals surface area contributed by atoms with Crippen molar-refractivity contribution in [3.8, 4) is 0 Å². The number of aromatic amines is 1. The van der Waals surface area contributed by atoms with Crippen LogP contribution in [0.15, 0.2) is 48.7 Å². The molecule has 0 radical (unpaired) electrons. The van der Waals surface area contributed by atoms with E-state index in [1.165, 1.54) is 5.56 Å². The highest BCUT2D eigenvalue weighted by Crippen LogP contribution is 2.25. The van der Waals surface area contributed by atoms with Crippen LogP contribution in [0.3, 0.4) is 0 Å². The quantitative estimate of drug-likeness (QED) is 0.696. The van der Waals surface area contributed by atoms with Gasteiger partial charge in [0, 0.05) is 16.8 Å². The Kier molecular flexibility index (Phi) is 2.29. The molecular formula is C14H13N3. The van der Waals surface area contributed by atoms with Crippen molar-refractivity contribution in [1.29, 1.82) is 0 Å². The van der Waals surface area contributed by atoms with Gasteiger partial charge in [-0.1, -0.05) is 18.2 Å². The average molecular weight is 223 g/mol. The topological polar surface area (TPSA) is 40.7 Å². The van der Waals surface area contributed by atoms with Crippen LogP contribution in [0.5, 0.6) is 0 Å². The second-order valence-corrected chi connectivity index (χ2v) is 4.13. The molecule has 3 rings (SSSR count). The predicted octanol–water partition coefficient (Wildman–Crippen LogP) is 3.61. The first-order valence-corrected chi connectivity index (χ1v) is 5.59. The molecule has 2 aromatic carbocycles. The summed E-state index contributed by atoms with van der Waals surface area (Å²) in [4.78, 5) is 0. The van der Waals surface area contributed by atoms with E-state index in [0.717, 1.165) is 22.3 Å². The summed E-state index contributed by atoms with van der Waals surface area (Å²) < 4.78 is 0. The van der Waals surface area contributed by atoms with Gasteiger partial charge in [-0.3, -0.25) is 5.10 Å². The molecule has 0 saturated carbocycles. The summed E-state index contributed by atoms with van der Waals surface area (Å²) >= 11 is 0. The minimum Gasteiger partial charge on any atom is -0.355 e. The molecule has 0 fully saturated rings. The standard InChI is InChI=1S/C14H13N3/c1-10-4-2-5-11(8-10)16-13-6-3-7-14-12(13)9-15-17-14/h2-9,16H,1H3,(H,15,17). The summed E-state index contributed by atoms with van der Waals surface area (Å²) in [5.74, 6) is 0. The number of hydrogen-bond acceptors (Lipinski definition) is 2. The van der Waals surface area contributed by atoms with E-state index in [1.807, 2.05) is 24.4 Å². The molecule has 1 aromatic heterocycles. The van der Waals surface area contributed by atoms with Gasteiger partial charge in [-0.15, -0.1) is 0 Å². The lowest BCUT2D eigenvalue weighted by molar-refractivity contribution is 1.12. The fourth-order valence-corrected chi connectivity index (χ4v) is 1.96. The molecule has 0 spiro atoms. The second-order valence-electron chi connectivity index (χ2n) is 4.13. The van der Waals surface area contributed by atoms with E-state index in [0.29, 0.717) is 0 Å². The van der Waals surface area contributed by atoms with Gasteiger partial charge in [0.1, 0.15) is 0 Å². The van der Waals surface area contributed by atoms with E-state index in [1.54, 1.807) is 0 Å². The van der Waals surface area contributed by atoms with Gasteiger partial charge >= 0.3 is 0 Å². The van der Waals surface area contributed by atoms with E-state index in [-0.39, 0.29) is 0 Å². The average Bonchev–Trinajstić information content (AvgIpc) is 2.78. The number of nitrogens with zero attached hydrogens (tertiary/aromatic N) is 1. The molecule has 17 heavy (non-hydrogen) atoms. The molecular weight excluding hydrogens is 210 g/mol. The van der Waals surface area contributed by atoms with Gasteiger partial charge in [-0.2, -0.15) is 5.10 Å². The zero-order valence-corrected chi connectivity index (χ0v) is 9.57. The number of aromatic nitrogens is 2. The number of anilines is 2. The highest BCUT2D eigenvalue weighted by molar-refractivity contribution is 5.92. The Labute approximate surface area is 99.5 Å². The minimum absolute atomic E-state index is 1.04. The van der Waals surface area contributed by atoms with Gasteiger partial charge in [-0.05, 0) is 36.8 Å². The van der Waals surface area contributed by atoms with E-state index >= 15 is 0 Å². The number of fused-ring (bicyclic) bond motifs is 1. The van der Waals surface area contributed by atoms with Crippen molar-refractivity contribution < 1.29 is 0 Å². The molecule has 3 aromatic rings. The summed E-state index contributed by atoms with van der Waals surface area (Å²) in [6.45, 7) is 2.09. The Morgan fingerprint density at radius 3 is 2.88 bits per heavy atom. The molecule has 1 heterocycles. The van der Waals surface area contributed by atoms with E-state index < -0.39 is 0 Å². The Morgan fingerprint density at radius 2 is 2.00 bits per heavy atom. The van der Waals surface area contributed by atoms with Gasteiger partial charge in [0.25, 0.3) is 0 Å². The van der Waals surface area contributed by atoms with Crippen LogP contribution in [-0.2, 0) is 0 Å². The maximum atomic E-state index is 4.06. The van der Waals surface area contributed by atoms with Crippen molar-refractivity contribution >= 4 is 22.3 Å². The number of nitrogens with one attached hydrogen (secondary N) is 2. The first-order valence-electron chi connectivity index (χ1n) is 5.59. The molecule has 0 amide bonds. The molecule has 0 aliphatic carbocycles. The minimum atomic E-state index is 1.04. The Hall–Kier alpha value is -2.29. The number of rotatable bonds is 2. The predicted molar refractivity (Wildman–Crippen MR) is 70.6 cm³/mol. The molecule has 2 N–H and O–H groups in total. The molecule has 0 bridgehead atoms. The first-order chi connectivity index (χ1) is 8.33. The first kappa shape index (κ1) is 9.90. The zero-order valence-electron chi connectivity index (χ0n) is 9.57. The maximum Gasteiger partial charge on any atom is 0.0671 e. The van der Waals surface area contributed by atoms with Crippen LogP contribution in [0.1, 0.15) is 5.56 Å². The number of benzene rings is 2. The third kappa shape index (κ3) is 1.87.